The van der Waals surface area contributed by atoms with E-state index in [1.807, 2.05) is 0 Å². The van der Waals surface area contributed by atoms with Crippen molar-refractivity contribution in [3.8, 4) is 11.5 Å². The van der Waals surface area contributed by atoms with E-state index in [-0.39, 0.29) is 23.5 Å². The molecule has 0 saturated carbocycles. The molecule has 0 radical (unpaired) electrons. The smallest absolute Gasteiger partial charge is 0.290 e. The highest BCUT2D eigenvalue weighted by Crippen LogP contribution is 2.25. The molecule has 2 fully saturated rings. The van der Waals surface area contributed by atoms with Crippen LogP contribution in [-0.4, -0.2) is 85.4 Å². The predicted octanol–water partition coefficient (Wildman–Crippen LogP) is 2.28. The van der Waals surface area contributed by atoms with E-state index in [2.05, 4.69) is 0 Å². The van der Waals surface area contributed by atoms with E-state index in [4.69, 9.17) is 13.9 Å². The van der Waals surface area contributed by atoms with Gasteiger partial charge in [0.15, 0.2) is 5.76 Å². The van der Waals surface area contributed by atoms with Crippen LogP contribution in [0.25, 0.3) is 0 Å². The summed E-state index contributed by atoms with van der Waals surface area (Å²) >= 11 is 0. The number of piperazine rings is 1. The van der Waals surface area contributed by atoms with Gasteiger partial charge in [-0.05, 0) is 43.5 Å². The van der Waals surface area contributed by atoms with E-state index in [0.717, 1.165) is 12.8 Å². The highest BCUT2D eigenvalue weighted by Gasteiger charge is 2.37. The summed E-state index contributed by atoms with van der Waals surface area (Å²) in [5.74, 6) is 0.893. The Hall–Kier alpha value is -3.49. The minimum absolute atomic E-state index is 0.0650. The first kappa shape index (κ1) is 22.7. The molecule has 0 N–H and O–H groups in total. The number of piperidine rings is 1. The van der Waals surface area contributed by atoms with Gasteiger partial charge in [0.2, 0.25) is 5.91 Å². The Morgan fingerprint density at radius 2 is 1.55 bits per heavy atom. The Morgan fingerprint density at radius 1 is 0.879 bits per heavy atom. The molecule has 9 nitrogen and oxygen atoms in total. The molecule has 4 rings (SSSR count). The van der Waals surface area contributed by atoms with Gasteiger partial charge in [-0.25, -0.2) is 0 Å². The molecule has 1 aromatic heterocycles. The minimum atomic E-state index is -0.499. The molecule has 1 unspecified atom stereocenters. The van der Waals surface area contributed by atoms with E-state index in [1.165, 1.54) is 6.26 Å². The first-order valence-corrected chi connectivity index (χ1v) is 11.2. The van der Waals surface area contributed by atoms with Gasteiger partial charge in [-0.15, -0.1) is 0 Å². The standard InChI is InChI=1S/C24H29N3O6/c1-31-18-14-17(15-19(16-18)32-2)22(28)25-9-11-26(12-10-25)23(29)20-6-3-4-8-27(20)24(30)21-7-5-13-33-21/h5,7,13-16,20H,3-4,6,8-12H2,1-2H3. The fraction of sp³-hybridized carbons (Fsp3) is 0.458. The van der Waals surface area contributed by atoms with Gasteiger partial charge in [0.25, 0.3) is 11.8 Å². The molecular weight excluding hydrogens is 426 g/mol. The van der Waals surface area contributed by atoms with Crippen molar-refractivity contribution in [2.45, 2.75) is 25.3 Å². The summed E-state index contributed by atoms with van der Waals surface area (Å²) < 4.78 is 15.8. The number of amides is 3. The van der Waals surface area contributed by atoms with E-state index in [9.17, 15) is 14.4 Å². The maximum atomic E-state index is 13.3. The zero-order chi connectivity index (χ0) is 23.4. The lowest BCUT2D eigenvalue weighted by Gasteiger charge is -2.40. The molecule has 0 bridgehead atoms. The van der Waals surface area contributed by atoms with Crippen LogP contribution in [0.4, 0.5) is 0 Å². The molecule has 9 heteroatoms. The third-order valence-corrected chi connectivity index (χ3v) is 6.26. The van der Waals surface area contributed by atoms with Crippen molar-refractivity contribution in [1.82, 2.24) is 14.7 Å². The quantitative estimate of drug-likeness (QED) is 0.687. The van der Waals surface area contributed by atoms with Gasteiger partial charge >= 0.3 is 0 Å². The fourth-order valence-electron chi connectivity index (χ4n) is 4.43. The number of likely N-dealkylation sites (tertiary alicyclic amines) is 1. The highest BCUT2D eigenvalue weighted by atomic mass is 16.5. The lowest BCUT2D eigenvalue weighted by molar-refractivity contribution is -0.138. The summed E-state index contributed by atoms with van der Waals surface area (Å²) in [5, 5.41) is 0. The first-order valence-electron chi connectivity index (χ1n) is 11.2. The molecule has 1 atom stereocenters. The number of rotatable bonds is 5. The van der Waals surface area contributed by atoms with Gasteiger partial charge in [0, 0.05) is 44.4 Å². The summed E-state index contributed by atoms with van der Waals surface area (Å²) in [7, 11) is 3.08. The monoisotopic (exact) mass is 455 g/mol. The maximum absolute atomic E-state index is 13.3. The van der Waals surface area contributed by atoms with E-state index in [0.29, 0.717) is 56.2 Å². The molecule has 0 aliphatic carbocycles. The van der Waals surface area contributed by atoms with Crippen LogP contribution in [0.1, 0.15) is 40.2 Å². The zero-order valence-corrected chi connectivity index (χ0v) is 19.0. The number of furan rings is 1. The van der Waals surface area contributed by atoms with Gasteiger partial charge in [-0.2, -0.15) is 0 Å². The second kappa shape index (κ2) is 9.97. The average molecular weight is 456 g/mol. The number of carbonyl (C=O) groups excluding carboxylic acids is 3. The van der Waals surface area contributed by atoms with Crippen molar-refractivity contribution in [3.05, 3.63) is 47.9 Å². The van der Waals surface area contributed by atoms with Crippen LogP contribution in [0.3, 0.4) is 0 Å². The Labute approximate surface area is 192 Å². The van der Waals surface area contributed by atoms with Gasteiger partial charge in [-0.1, -0.05) is 0 Å². The summed E-state index contributed by atoms with van der Waals surface area (Å²) in [5.41, 5.74) is 0.480. The number of ether oxygens (including phenoxy) is 2. The lowest BCUT2D eigenvalue weighted by Crippen LogP contribution is -2.57. The summed E-state index contributed by atoms with van der Waals surface area (Å²) in [4.78, 5) is 44.3. The van der Waals surface area contributed by atoms with Crippen molar-refractivity contribution in [1.29, 1.82) is 0 Å². The Morgan fingerprint density at radius 3 is 2.15 bits per heavy atom. The second-order valence-corrected chi connectivity index (χ2v) is 8.21. The number of carbonyl (C=O) groups is 3. The number of nitrogens with zero attached hydrogens (tertiary/aromatic N) is 3. The Balaban J connectivity index is 1.40. The molecule has 2 aliphatic rings. The van der Waals surface area contributed by atoms with Crippen LogP contribution in [0.2, 0.25) is 0 Å². The number of methoxy groups -OCH3 is 2. The molecule has 0 spiro atoms. The normalized spacial score (nSPS) is 18.7. The number of hydrogen-bond acceptors (Lipinski definition) is 6. The maximum Gasteiger partial charge on any atom is 0.290 e. The first-order chi connectivity index (χ1) is 16.0. The molecule has 3 heterocycles. The van der Waals surface area contributed by atoms with E-state index in [1.54, 1.807) is 59.3 Å². The van der Waals surface area contributed by atoms with Gasteiger partial charge < -0.3 is 28.6 Å². The Kier molecular flexibility index (Phi) is 6.86. The van der Waals surface area contributed by atoms with E-state index >= 15 is 0 Å². The second-order valence-electron chi connectivity index (χ2n) is 8.21. The van der Waals surface area contributed by atoms with Crippen molar-refractivity contribution in [3.63, 3.8) is 0 Å². The highest BCUT2D eigenvalue weighted by molar-refractivity contribution is 5.96. The molecule has 1 aromatic carbocycles. The summed E-state index contributed by atoms with van der Waals surface area (Å²) in [6.45, 7) is 2.22. The van der Waals surface area contributed by atoms with Crippen LogP contribution >= 0.6 is 0 Å². The van der Waals surface area contributed by atoms with Gasteiger partial charge in [0.1, 0.15) is 17.5 Å². The lowest BCUT2D eigenvalue weighted by atomic mass is 10.00. The zero-order valence-electron chi connectivity index (χ0n) is 19.0. The SMILES string of the molecule is COc1cc(OC)cc(C(=O)N2CCN(C(=O)C3CCCCN3C(=O)c3ccco3)CC2)c1. The number of benzene rings is 1. The van der Waals surface area contributed by atoms with Crippen LogP contribution in [0, 0.1) is 0 Å². The Bertz CT molecular complexity index is 975. The largest absolute Gasteiger partial charge is 0.497 e. The molecule has 2 aliphatic heterocycles. The van der Waals surface area contributed by atoms with Gasteiger partial charge in [0.05, 0.1) is 20.5 Å². The van der Waals surface area contributed by atoms with Crippen LogP contribution < -0.4 is 9.47 Å². The summed E-state index contributed by atoms with van der Waals surface area (Å²) in [6, 6.07) is 7.87. The van der Waals surface area contributed by atoms with Crippen molar-refractivity contribution in [2.75, 3.05) is 46.9 Å². The van der Waals surface area contributed by atoms with Crippen molar-refractivity contribution < 1.29 is 28.3 Å². The van der Waals surface area contributed by atoms with Crippen LogP contribution in [0.5, 0.6) is 11.5 Å². The third-order valence-electron chi connectivity index (χ3n) is 6.26. The minimum Gasteiger partial charge on any atom is -0.497 e. The van der Waals surface area contributed by atoms with Crippen molar-refractivity contribution >= 4 is 17.7 Å². The topological polar surface area (TPSA) is 92.5 Å². The van der Waals surface area contributed by atoms with Crippen LogP contribution in [0.15, 0.2) is 41.0 Å². The molecule has 3 amide bonds. The molecule has 2 saturated heterocycles. The van der Waals surface area contributed by atoms with Crippen molar-refractivity contribution in [2.24, 2.45) is 0 Å². The third kappa shape index (κ3) is 4.81. The molecule has 2 aromatic rings. The van der Waals surface area contributed by atoms with Gasteiger partial charge in [-0.3, -0.25) is 14.4 Å². The molecule has 33 heavy (non-hydrogen) atoms. The fourth-order valence-corrected chi connectivity index (χ4v) is 4.43. The molecular formula is C24H29N3O6. The predicted molar refractivity (Wildman–Crippen MR) is 119 cm³/mol. The summed E-state index contributed by atoms with van der Waals surface area (Å²) in [6.07, 6.45) is 3.85. The average Bonchev–Trinajstić information content (AvgIpc) is 3.42. The van der Waals surface area contributed by atoms with E-state index < -0.39 is 6.04 Å². The number of hydrogen-bond donors (Lipinski definition) is 0. The van der Waals surface area contributed by atoms with Crippen LogP contribution in [-0.2, 0) is 4.79 Å². The molecule has 176 valence electrons.